The second-order valence-corrected chi connectivity index (χ2v) is 13.1. The molecule has 0 saturated carbocycles. The summed E-state index contributed by atoms with van der Waals surface area (Å²) in [6.45, 7) is 41.5. The molecule has 0 N–H and O–H groups in total. The zero-order chi connectivity index (χ0) is 33.5. The molecule has 0 aliphatic carbocycles. The molecular weight excluding hydrogens is 516 g/mol. The first kappa shape index (κ1) is 37.9. The maximum absolute atomic E-state index is 2.26. The van der Waals surface area contributed by atoms with Crippen LogP contribution in [0.25, 0.3) is 0 Å². The first-order valence-electron chi connectivity index (χ1n) is 15.9. The van der Waals surface area contributed by atoms with Crippen molar-refractivity contribution < 1.29 is 0 Å². The normalized spacial score (nSPS) is 10.2. The maximum Gasteiger partial charge on any atom is -0.0392 e. The molecule has 0 heteroatoms. The highest BCUT2D eigenvalue weighted by molar-refractivity contribution is 5.48. The molecule has 0 fully saturated rings. The fraction of sp³-hybridized carbons (Fsp3) is 0.442. The molecule has 0 unspecified atom stereocenters. The van der Waals surface area contributed by atoms with Gasteiger partial charge in [0.25, 0.3) is 0 Å². The summed E-state index contributed by atoms with van der Waals surface area (Å²) in [7, 11) is 0. The molecule has 4 aromatic rings. The molecule has 0 spiro atoms. The monoisotopic (exact) mass is 578 g/mol. The van der Waals surface area contributed by atoms with Gasteiger partial charge in [0.2, 0.25) is 0 Å². The van der Waals surface area contributed by atoms with E-state index in [1.165, 1.54) is 106 Å². The van der Waals surface area contributed by atoms with Crippen molar-refractivity contribution in [3.8, 4) is 0 Å². The topological polar surface area (TPSA) is 0 Å². The summed E-state index contributed by atoms with van der Waals surface area (Å²) >= 11 is 0. The van der Waals surface area contributed by atoms with Crippen molar-refractivity contribution in [1.29, 1.82) is 0 Å². The van der Waals surface area contributed by atoms with Crippen LogP contribution in [-0.4, -0.2) is 0 Å². The van der Waals surface area contributed by atoms with Crippen molar-refractivity contribution >= 4 is 0 Å². The van der Waals surface area contributed by atoms with E-state index in [1.807, 2.05) is 0 Å². The molecule has 0 aliphatic rings. The second-order valence-electron chi connectivity index (χ2n) is 13.1. The van der Waals surface area contributed by atoms with Gasteiger partial charge in [-0.15, -0.1) is 0 Å². The van der Waals surface area contributed by atoms with E-state index in [9.17, 15) is 0 Å². The Morgan fingerprint density at radius 3 is 0.581 bits per heavy atom. The average molecular weight is 579 g/mol. The molecular formula is C43H62. The Morgan fingerprint density at radius 1 is 0.186 bits per heavy atom. The summed E-state index contributed by atoms with van der Waals surface area (Å²) in [5.41, 5.74) is 27.1. The van der Waals surface area contributed by atoms with Crippen molar-refractivity contribution in [3.05, 3.63) is 136 Å². The Bertz CT molecular complexity index is 1370. The van der Waals surface area contributed by atoms with Crippen LogP contribution >= 0.6 is 0 Å². The smallest absolute Gasteiger partial charge is 0.0392 e. The lowest BCUT2D eigenvalue weighted by molar-refractivity contribution is 1.13. The van der Waals surface area contributed by atoms with Gasteiger partial charge in [0, 0.05) is 0 Å². The van der Waals surface area contributed by atoms with Gasteiger partial charge in [-0.1, -0.05) is 30.3 Å². The minimum Gasteiger partial charge on any atom is -0.0588 e. The van der Waals surface area contributed by atoms with Crippen LogP contribution in [0.3, 0.4) is 0 Å². The summed E-state index contributed by atoms with van der Waals surface area (Å²) in [5, 5.41) is 0. The van der Waals surface area contributed by atoms with Crippen LogP contribution in [0.4, 0.5) is 0 Å². The van der Waals surface area contributed by atoms with Crippen molar-refractivity contribution in [2.75, 3.05) is 0 Å². The third-order valence-electron chi connectivity index (χ3n) is 10.6. The SMILES string of the molecule is Cc1c(C)c(C)c(C)c(C)c1C.Cc1cc(C)c(C)c(C)c1C.Cc1cc(C)c(C)cc1C.Cc1ccc(C)c(C)c1C. The van der Waals surface area contributed by atoms with E-state index < -0.39 is 0 Å². The predicted octanol–water partition coefficient (Wildman–Crippen LogP) is 12.6. The van der Waals surface area contributed by atoms with Crippen LogP contribution in [0.5, 0.6) is 0 Å². The summed E-state index contributed by atoms with van der Waals surface area (Å²) in [6.07, 6.45) is 0. The van der Waals surface area contributed by atoms with Crippen LogP contribution in [-0.2, 0) is 0 Å². The zero-order valence-electron chi connectivity index (χ0n) is 31.4. The van der Waals surface area contributed by atoms with Gasteiger partial charge in [-0.2, -0.15) is 0 Å². The van der Waals surface area contributed by atoms with Crippen LogP contribution in [0, 0.1) is 132 Å². The van der Waals surface area contributed by atoms with Crippen LogP contribution in [0.2, 0.25) is 0 Å². The van der Waals surface area contributed by atoms with E-state index in [-0.39, 0.29) is 0 Å². The average Bonchev–Trinajstić information content (AvgIpc) is 2.97. The maximum atomic E-state index is 2.26. The third-order valence-corrected chi connectivity index (χ3v) is 10.6. The highest BCUT2D eigenvalue weighted by atomic mass is 14.1. The molecule has 4 aromatic carbocycles. The summed E-state index contributed by atoms with van der Waals surface area (Å²) in [5.74, 6) is 0. The summed E-state index contributed by atoms with van der Waals surface area (Å²) in [6, 6.07) is 11.1. The minimum atomic E-state index is 1.39. The van der Waals surface area contributed by atoms with Crippen LogP contribution in [0.15, 0.2) is 30.3 Å². The number of benzene rings is 4. The van der Waals surface area contributed by atoms with Crippen molar-refractivity contribution in [2.45, 2.75) is 132 Å². The fourth-order valence-corrected chi connectivity index (χ4v) is 5.30. The molecule has 0 bridgehead atoms. The molecule has 0 aliphatic heterocycles. The van der Waals surface area contributed by atoms with Crippen molar-refractivity contribution in [2.24, 2.45) is 0 Å². The highest BCUT2D eigenvalue weighted by Crippen LogP contribution is 2.25. The Balaban J connectivity index is 0.000000287. The Labute approximate surface area is 267 Å². The molecule has 43 heavy (non-hydrogen) atoms. The predicted molar refractivity (Wildman–Crippen MR) is 196 cm³/mol. The first-order valence-corrected chi connectivity index (χ1v) is 15.9. The van der Waals surface area contributed by atoms with Gasteiger partial charge in [-0.25, -0.2) is 0 Å². The van der Waals surface area contributed by atoms with Crippen molar-refractivity contribution in [1.82, 2.24) is 0 Å². The van der Waals surface area contributed by atoms with Crippen LogP contribution in [0.1, 0.15) is 106 Å². The first-order chi connectivity index (χ1) is 19.7. The lowest BCUT2D eigenvalue weighted by Crippen LogP contribution is -1.98. The van der Waals surface area contributed by atoms with Gasteiger partial charge < -0.3 is 0 Å². The molecule has 0 heterocycles. The molecule has 234 valence electrons. The fourth-order valence-electron chi connectivity index (χ4n) is 5.30. The molecule has 0 aromatic heterocycles. The van der Waals surface area contributed by atoms with E-state index in [1.54, 1.807) is 0 Å². The molecule has 0 saturated heterocycles. The van der Waals surface area contributed by atoms with Crippen molar-refractivity contribution in [3.63, 3.8) is 0 Å². The standard InChI is InChI=1S/C12H18.C11H16.2C10H14/c1-7-8(2)10(4)12(6)11(5)9(7)3;1-7-6-8(2)10(4)11(5)9(7)3;1-7-5-9(3)10(4)6-8(7)2;1-7-5-6-8(2)10(4)9(7)3/h1-6H3;6H,1-5H3;2*5-6H,1-4H3. The highest BCUT2D eigenvalue weighted by Gasteiger charge is 2.08. The number of aryl methyl sites for hydroxylation is 8. The minimum absolute atomic E-state index is 1.39. The second kappa shape index (κ2) is 16.1. The van der Waals surface area contributed by atoms with E-state index in [0.717, 1.165) is 0 Å². The molecule has 4 rings (SSSR count). The lowest BCUT2D eigenvalue weighted by atomic mass is 9.90. The quantitative estimate of drug-likeness (QED) is 0.195. The van der Waals surface area contributed by atoms with Gasteiger partial charge >= 0.3 is 0 Å². The van der Waals surface area contributed by atoms with E-state index in [4.69, 9.17) is 0 Å². The van der Waals surface area contributed by atoms with Gasteiger partial charge in [0.15, 0.2) is 0 Å². The number of rotatable bonds is 0. The molecule has 0 amide bonds. The van der Waals surface area contributed by atoms with E-state index in [2.05, 4.69) is 162 Å². The zero-order valence-corrected chi connectivity index (χ0v) is 31.4. The number of hydrogen-bond acceptors (Lipinski definition) is 0. The van der Waals surface area contributed by atoms with Gasteiger partial charge in [-0.05, 0) is 237 Å². The number of hydrogen-bond donors (Lipinski definition) is 0. The Hall–Kier alpha value is -3.12. The van der Waals surface area contributed by atoms with Gasteiger partial charge in [0.1, 0.15) is 0 Å². The lowest BCUT2D eigenvalue weighted by Gasteiger charge is -2.15. The molecule has 0 atom stereocenters. The largest absolute Gasteiger partial charge is 0.0588 e. The molecule has 0 radical (unpaired) electrons. The van der Waals surface area contributed by atoms with Gasteiger partial charge in [0.05, 0.1) is 0 Å². The Morgan fingerprint density at radius 2 is 0.349 bits per heavy atom. The Kier molecular flexibility index (Phi) is 14.2. The van der Waals surface area contributed by atoms with Gasteiger partial charge in [-0.3, -0.25) is 0 Å². The summed E-state index contributed by atoms with van der Waals surface area (Å²) in [4.78, 5) is 0. The van der Waals surface area contributed by atoms with Crippen LogP contribution < -0.4 is 0 Å². The third kappa shape index (κ3) is 9.69. The van der Waals surface area contributed by atoms with E-state index in [0.29, 0.717) is 0 Å². The van der Waals surface area contributed by atoms with E-state index >= 15 is 0 Å². The summed E-state index contributed by atoms with van der Waals surface area (Å²) < 4.78 is 0. The molecule has 0 nitrogen and oxygen atoms in total.